The van der Waals surface area contributed by atoms with Gasteiger partial charge in [-0.1, -0.05) is 18.2 Å². The third-order valence-corrected chi connectivity index (χ3v) is 6.20. The quantitative estimate of drug-likeness (QED) is 0.775. The van der Waals surface area contributed by atoms with Gasteiger partial charge in [0.1, 0.15) is 0 Å². The van der Waals surface area contributed by atoms with Gasteiger partial charge in [0, 0.05) is 25.8 Å². The van der Waals surface area contributed by atoms with Crippen LogP contribution >= 0.6 is 0 Å². The molecule has 1 amide bonds. The number of sulfonamides is 1. The van der Waals surface area contributed by atoms with Crippen molar-refractivity contribution >= 4 is 21.6 Å². The molecule has 7 heteroatoms. The molecule has 0 aromatic heterocycles. The van der Waals surface area contributed by atoms with Crippen molar-refractivity contribution in [1.29, 1.82) is 0 Å². The van der Waals surface area contributed by atoms with E-state index in [-0.39, 0.29) is 16.9 Å². The first-order valence-electron chi connectivity index (χ1n) is 9.45. The SMILES string of the molecule is CC(=O)Nc1cccc(-c2ccc(S(=O)(=O)NCC3CCCCO3)cc2C)c1. The summed E-state index contributed by atoms with van der Waals surface area (Å²) in [6.07, 6.45) is 2.93. The average Bonchev–Trinajstić information content (AvgIpc) is 2.67. The normalized spacial score (nSPS) is 17.3. The highest BCUT2D eigenvalue weighted by Crippen LogP contribution is 2.28. The molecule has 0 saturated carbocycles. The summed E-state index contributed by atoms with van der Waals surface area (Å²) in [5, 5.41) is 2.76. The van der Waals surface area contributed by atoms with E-state index in [1.54, 1.807) is 18.2 Å². The van der Waals surface area contributed by atoms with E-state index in [0.29, 0.717) is 18.8 Å². The third kappa shape index (κ3) is 5.19. The van der Waals surface area contributed by atoms with E-state index in [2.05, 4.69) is 10.0 Å². The van der Waals surface area contributed by atoms with Crippen molar-refractivity contribution in [1.82, 2.24) is 4.72 Å². The van der Waals surface area contributed by atoms with Crippen LogP contribution in [0.1, 0.15) is 31.7 Å². The van der Waals surface area contributed by atoms with Gasteiger partial charge in [-0.3, -0.25) is 4.79 Å². The van der Waals surface area contributed by atoms with Crippen molar-refractivity contribution in [3.63, 3.8) is 0 Å². The first kappa shape index (κ1) is 20.5. The smallest absolute Gasteiger partial charge is 0.240 e. The van der Waals surface area contributed by atoms with E-state index in [1.807, 2.05) is 31.2 Å². The van der Waals surface area contributed by atoms with Crippen LogP contribution in [0.25, 0.3) is 11.1 Å². The van der Waals surface area contributed by atoms with Gasteiger partial charge in [-0.2, -0.15) is 0 Å². The first-order valence-corrected chi connectivity index (χ1v) is 10.9. The van der Waals surface area contributed by atoms with E-state index in [9.17, 15) is 13.2 Å². The lowest BCUT2D eigenvalue weighted by atomic mass is 10.0. The minimum atomic E-state index is -3.59. The number of carbonyl (C=O) groups excluding carboxylic acids is 1. The van der Waals surface area contributed by atoms with E-state index >= 15 is 0 Å². The van der Waals surface area contributed by atoms with E-state index in [1.165, 1.54) is 6.92 Å². The summed E-state index contributed by atoms with van der Waals surface area (Å²) in [7, 11) is -3.59. The molecular weight excluding hydrogens is 376 g/mol. The minimum Gasteiger partial charge on any atom is -0.377 e. The summed E-state index contributed by atoms with van der Waals surface area (Å²) in [5.74, 6) is -0.136. The van der Waals surface area contributed by atoms with Crippen LogP contribution in [0, 0.1) is 6.92 Å². The summed E-state index contributed by atoms with van der Waals surface area (Å²) in [6.45, 7) is 4.33. The van der Waals surface area contributed by atoms with Crippen LogP contribution in [0.5, 0.6) is 0 Å². The minimum absolute atomic E-state index is 0.0552. The molecule has 1 aliphatic rings. The summed E-state index contributed by atoms with van der Waals surface area (Å²) < 4.78 is 33.5. The summed E-state index contributed by atoms with van der Waals surface area (Å²) in [4.78, 5) is 11.5. The molecule has 1 aliphatic heterocycles. The van der Waals surface area contributed by atoms with Crippen molar-refractivity contribution < 1.29 is 17.9 Å². The molecule has 1 saturated heterocycles. The van der Waals surface area contributed by atoms with Crippen LogP contribution in [-0.4, -0.2) is 33.6 Å². The maximum Gasteiger partial charge on any atom is 0.240 e. The zero-order chi connectivity index (χ0) is 20.1. The van der Waals surface area contributed by atoms with Crippen molar-refractivity contribution in [2.45, 2.75) is 44.1 Å². The highest BCUT2D eigenvalue weighted by atomic mass is 32.2. The molecule has 0 radical (unpaired) electrons. The molecule has 3 rings (SSSR count). The number of hydrogen-bond acceptors (Lipinski definition) is 4. The Hall–Kier alpha value is -2.22. The Bertz CT molecular complexity index is 951. The van der Waals surface area contributed by atoms with E-state index in [4.69, 9.17) is 4.74 Å². The number of amides is 1. The Balaban J connectivity index is 1.77. The fraction of sp³-hybridized carbons (Fsp3) is 0.381. The molecule has 0 spiro atoms. The Labute approximate surface area is 166 Å². The molecule has 1 fully saturated rings. The number of benzene rings is 2. The topological polar surface area (TPSA) is 84.5 Å². The number of hydrogen-bond donors (Lipinski definition) is 2. The molecule has 28 heavy (non-hydrogen) atoms. The summed E-state index contributed by atoms with van der Waals surface area (Å²) in [6, 6.07) is 12.6. The summed E-state index contributed by atoms with van der Waals surface area (Å²) >= 11 is 0. The number of nitrogens with one attached hydrogen (secondary N) is 2. The van der Waals surface area contributed by atoms with E-state index < -0.39 is 10.0 Å². The third-order valence-electron chi connectivity index (χ3n) is 4.78. The lowest BCUT2D eigenvalue weighted by Gasteiger charge is -2.22. The van der Waals surface area contributed by atoms with Crippen molar-refractivity contribution in [3.05, 3.63) is 48.0 Å². The fourth-order valence-electron chi connectivity index (χ4n) is 3.35. The van der Waals surface area contributed by atoms with E-state index in [0.717, 1.165) is 36.0 Å². The van der Waals surface area contributed by atoms with Crippen molar-refractivity contribution in [2.75, 3.05) is 18.5 Å². The van der Waals surface area contributed by atoms with Gasteiger partial charge in [-0.05, 0) is 67.1 Å². The second-order valence-corrected chi connectivity index (χ2v) is 8.85. The van der Waals surface area contributed by atoms with Gasteiger partial charge < -0.3 is 10.1 Å². The van der Waals surface area contributed by atoms with Crippen LogP contribution in [0.4, 0.5) is 5.69 Å². The largest absolute Gasteiger partial charge is 0.377 e. The molecule has 2 aromatic rings. The van der Waals surface area contributed by atoms with Gasteiger partial charge >= 0.3 is 0 Å². The average molecular weight is 403 g/mol. The predicted octanol–water partition coefficient (Wildman–Crippen LogP) is 3.47. The number of aryl methyl sites for hydroxylation is 1. The van der Waals surface area contributed by atoms with Crippen LogP contribution in [0.2, 0.25) is 0 Å². The molecule has 2 aromatic carbocycles. The van der Waals surface area contributed by atoms with Crippen LogP contribution < -0.4 is 10.0 Å². The molecule has 2 N–H and O–H groups in total. The zero-order valence-corrected chi connectivity index (χ0v) is 17.0. The molecule has 150 valence electrons. The second-order valence-electron chi connectivity index (χ2n) is 7.08. The Kier molecular flexibility index (Phi) is 6.49. The molecular formula is C21H26N2O4S. The fourth-order valence-corrected chi connectivity index (χ4v) is 4.50. The highest BCUT2D eigenvalue weighted by Gasteiger charge is 2.20. The standard InChI is InChI=1S/C21H26N2O4S/c1-15-12-20(28(25,26)22-14-19-8-3-4-11-27-19)9-10-21(15)17-6-5-7-18(13-17)23-16(2)24/h5-7,9-10,12-13,19,22H,3-4,8,11,14H2,1-2H3,(H,23,24). The molecule has 1 heterocycles. The van der Waals surface area contributed by atoms with Gasteiger partial charge in [-0.25, -0.2) is 13.1 Å². The maximum absolute atomic E-state index is 12.6. The lowest BCUT2D eigenvalue weighted by Crippen LogP contribution is -2.35. The Morgan fingerprint density at radius 1 is 1.18 bits per heavy atom. The highest BCUT2D eigenvalue weighted by molar-refractivity contribution is 7.89. The first-order chi connectivity index (χ1) is 13.3. The van der Waals surface area contributed by atoms with Crippen molar-refractivity contribution in [2.24, 2.45) is 0 Å². The molecule has 1 unspecified atom stereocenters. The van der Waals surface area contributed by atoms with Gasteiger partial charge in [-0.15, -0.1) is 0 Å². The van der Waals surface area contributed by atoms with Crippen LogP contribution in [0.15, 0.2) is 47.4 Å². The molecule has 1 atom stereocenters. The number of ether oxygens (including phenoxy) is 1. The molecule has 0 aliphatic carbocycles. The van der Waals surface area contributed by atoms with Crippen LogP contribution in [-0.2, 0) is 19.6 Å². The molecule has 0 bridgehead atoms. The monoisotopic (exact) mass is 402 g/mol. The van der Waals surface area contributed by atoms with Gasteiger partial charge in [0.2, 0.25) is 15.9 Å². The van der Waals surface area contributed by atoms with Gasteiger partial charge in [0.25, 0.3) is 0 Å². The van der Waals surface area contributed by atoms with Crippen LogP contribution in [0.3, 0.4) is 0 Å². The van der Waals surface area contributed by atoms with Crippen molar-refractivity contribution in [3.8, 4) is 11.1 Å². The number of carbonyl (C=O) groups is 1. The van der Waals surface area contributed by atoms with Gasteiger partial charge in [0.15, 0.2) is 0 Å². The number of anilines is 1. The predicted molar refractivity (Wildman–Crippen MR) is 110 cm³/mol. The Morgan fingerprint density at radius 3 is 2.68 bits per heavy atom. The lowest BCUT2D eigenvalue weighted by molar-refractivity contribution is -0.114. The Morgan fingerprint density at radius 2 is 2.00 bits per heavy atom. The van der Waals surface area contributed by atoms with Gasteiger partial charge in [0.05, 0.1) is 11.0 Å². The molecule has 6 nitrogen and oxygen atoms in total. The number of rotatable bonds is 6. The second kappa shape index (κ2) is 8.86. The summed E-state index contributed by atoms with van der Waals surface area (Å²) in [5.41, 5.74) is 3.38. The zero-order valence-electron chi connectivity index (χ0n) is 16.2. The maximum atomic E-state index is 12.6.